The summed E-state index contributed by atoms with van der Waals surface area (Å²) in [6, 6.07) is -0.248. The molecule has 2 amide bonds. The zero-order valence-electron chi connectivity index (χ0n) is 10.0. The van der Waals surface area contributed by atoms with Crippen LogP contribution in [0.4, 0.5) is 9.93 Å². The summed E-state index contributed by atoms with van der Waals surface area (Å²) in [5.41, 5.74) is 0.600. The first-order valence-electron chi connectivity index (χ1n) is 5.11. The molecule has 7 heteroatoms. The lowest BCUT2D eigenvalue weighted by molar-refractivity contribution is -0.142. The largest absolute Gasteiger partial charge is 0.466 e. The number of hydrogen-bond donors (Lipinski definition) is 1. The molecule has 0 bridgehead atoms. The van der Waals surface area contributed by atoms with Crippen LogP contribution in [0.2, 0.25) is 0 Å². The smallest absolute Gasteiger partial charge is 0.323 e. The standard InChI is InChI=1S/C10H15N3O3S/c1-4-16-8(14)5-7-6-17-9(11-7)12-10(15)13(2)3/h6H,4-5H2,1-3H3,(H,11,12,15). The Kier molecular flexibility index (Phi) is 4.89. The van der Waals surface area contributed by atoms with Gasteiger partial charge >= 0.3 is 12.0 Å². The molecular weight excluding hydrogens is 242 g/mol. The van der Waals surface area contributed by atoms with Gasteiger partial charge in [-0.2, -0.15) is 0 Å². The van der Waals surface area contributed by atoms with Crippen molar-refractivity contribution in [3.05, 3.63) is 11.1 Å². The number of esters is 1. The molecule has 1 rings (SSSR count). The van der Waals surface area contributed by atoms with Crippen molar-refractivity contribution in [2.24, 2.45) is 0 Å². The first-order valence-corrected chi connectivity index (χ1v) is 5.99. The highest BCUT2D eigenvalue weighted by Crippen LogP contribution is 2.16. The minimum Gasteiger partial charge on any atom is -0.466 e. The minimum atomic E-state index is -0.316. The van der Waals surface area contributed by atoms with Gasteiger partial charge in [-0.05, 0) is 6.92 Å². The highest BCUT2D eigenvalue weighted by molar-refractivity contribution is 7.13. The number of nitrogens with one attached hydrogen (secondary N) is 1. The van der Waals surface area contributed by atoms with E-state index in [0.29, 0.717) is 17.4 Å². The zero-order valence-corrected chi connectivity index (χ0v) is 10.8. The molecule has 0 atom stereocenters. The molecule has 0 spiro atoms. The third kappa shape index (κ3) is 4.39. The summed E-state index contributed by atoms with van der Waals surface area (Å²) in [7, 11) is 3.28. The molecule has 0 fully saturated rings. The SMILES string of the molecule is CCOC(=O)Cc1csc(NC(=O)N(C)C)n1. The normalized spacial score (nSPS) is 9.82. The Hall–Kier alpha value is -1.63. The number of rotatable bonds is 4. The first kappa shape index (κ1) is 13.4. The summed E-state index contributed by atoms with van der Waals surface area (Å²) in [5.74, 6) is -0.316. The second-order valence-electron chi connectivity index (χ2n) is 3.45. The Balaban J connectivity index is 2.53. The Morgan fingerprint density at radius 3 is 2.82 bits per heavy atom. The molecule has 1 aromatic rings. The van der Waals surface area contributed by atoms with Gasteiger partial charge in [0.15, 0.2) is 5.13 Å². The van der Waals surface area contributed by atoms with Gasteiger partial charge in [0.1, 0.15) is 0 Å². The second-order valence-corrected chi connectivity index (χ2v) is 4.31. The summed E-state index contributed by atoms with van der Waals surface area (Å²) in [6.45, 7) is 2.11. The van der Waals surface area contributed by atoms with Crippen LogP contribution in [0.15, 0.2) is 5.38 Å². The van der Waals surface area contributed by atoms with E-state index in [4.69, 9.17) is 4.74 Å². The fraction of sp³-hybridized carbons (Fsp3) is 0.500. The summed E-state index contributed by atoms with van der Waals surface area (Å²) < 4.78 is 4.80. The molecule has 0 radical (unpaired) electrons. The molecule has 0 aliphatic carbocycles. The van der Waals surface area contributed by atoms with E-state index in [-0.39, 0.29) is 18.4 Å². The van der Waals surface area contributed by atoms with Crippen LogP contribution in [0.3, 0.4) is 0 Å². The van der Waals surface area contributed by atoms with Crippen LogP contribution in [0, 0.1) is 0 Å². The third-order valence-corrected chi connectivity index (χ3v) is 2.61. The van der Waals surface area contributed by atoms with E-state index in [9.17, 15) is 9.59 Å². The average molecular weight is 257 g/mol. The lowest BCUT2D eigenvalue weighted by Crippen LogP contribution is -2.27. The number of anilines is 1. The average Bonchev–Trinajstić information content (AvgIpc) is 2.65. The number of urea groups is 1. The van der Waals surface area contributed by atoms with Crippen LogP contribution in [0.5, 0.6) is 0 Å². The van der Waals surface area contributed by atoms with Gasteiger partial charge in [-0.1, -0.05) is 0 Å². The van der Waals surface area contributed by atoms with Crippen molar-refractivity contribution < 1.29 is 14.3 Å². The van der Waals surface area contributed by atoms with Crippen LogP contribution in [0.25, 0.3) is 0 Å². The molecule has 0 aliphatic heterocycles. The van der Waals surface area contributed by atoms with Crippen molar-refractivity contribution in [1.82, 2.24) is 9.88 Å². The maximum Gasteiger partial charge on any atom is 0.323 e. The summed E-state index contributed by atoms with van der Waals surface area (Å²) in [4.78, 5) is 28.1. The van der Waals surface area contributed by atoms with Crippen molar-refractivity contribution >= 4 is 28.5 Å². The van der Waals surface area contributed by atoms with Crippen LogP contribution < -0.4 is 5.32 Å². The number of hydrogen-bond acceptors (Lipinski definition) is 5. The maximum absolute atomic E-state index is 11.3. The van der Waals surface area contributed by atoms with Crippen molar-refractivity contribution in [1.29, 1.82) is 0 Å². The van der Waals surface area contributed by atoms with Crippen molar-refractivity contribution in [3.63, 3.8) is 0 Å². The number of carbonyl (C=O) groups excluding carboxylic acids is 2. The lowest BCUT2D eigenvalue weighted by Gasteiger charge is -2.09. The molecule has 0 unspecified atom stereocenters. The third-order valence-electron chi connectivity index (χ3n) is 1.80. The molecule has 1 N–H and O–H groups in total. The Labute approximate surface area is 104 Å². The van der Waals surface area contributed by atoms with E-state index in [2.05, 4.69) is 10.3 Å². The van der Waals surface area contributed by atoms with Crippen LogP contribution in [-0.4, -0.2) is 42.6 Å². The highest BCUT2D eigenvalue weighted by Gasteiger charge is 2.10. The van der Waals surface area contributed by atoms with Gasteiger partial charge in [-0.3, -0.25) is 10.1 Å². The van der Waals surface area contributed by atoms with Crippen molar-refractivity contribution in [2.75, 3.05) is 26.0 Å². The number of carbonyl (C=O) groups is 2. The first-order chi connectivity index (χ1) is 8.02. The van der Waals surface area contributed by atoms with E-state index >= 15 is 0 Å². The highest BCUT2D eigenvalue weighted by atomic mass is 32.1. The molecule has 17 heavy (non-hydrogen) atoms. The lowest BCUT2D eigenvalue weighted by atomic mass is 10.3. The predicted octanol–water partition coefficient (Wildman–Crippen LogP) is 1.34. The van der Waals surface area contributed by atoms with Crippen molar-refractivity contribution in [3.8, 4) is 0 Å². The topological polar surface area (TPSA) is 71.5 Å². The van der Waals surface area contributed by atoms with E-state index < -0.39 is 0 Å². The Bertz CT molecular complexity index is 403. The van der Waals surface area contributed by atoms with Gasteiger partial charge in [0.25, 0.3) is 0 Å². The molecule has 1 heterocycles. The Morgan fingerprint density at radius 2 is 2.24 bits per heavy atom. The fourth-order valence-electron chi connectivity index (χ4n) is 1.01. The van der Waals surface area contributed by atoms with Crippen molar-refractivity contribution in [2.45, 2.75) is 13.3 Å². The molecule has 0 aromatic carbocycles. The summed E-state index contributed by atoms with van der Waals surface area (Å²) >= 11 is 1.28. The van der Waals surface area contributed by atoms with Gasteiger partial charge in [0.05, 0.1) is 18.7 Å². The molecular formula is C10H15N3O3S. The van der Waals surface area contributed by atoms with Gasteiger partial charge in [0.2, 0.25) is 0 Å². The number of thiazole rings is 1. The molecule has 6 nitrogen and oxygen atoms in total. The number of nitrogens with zero attached hydrogens (tertiary/aromatic N) is 2. The number of aromatic nitrogens is 1. The summed E-state index contributed by atoms with van der Waals surface area (Å²) in [6.07, 6.45) is 0.127. The van der Waals surface area contributed by atoms with Crippen LogP contribution >= 0.6 is 11.3 Å². The van der Waals surface area contributed by atoms with E-state index in [0.717, 1.165) is 0 Å². The second kappa shape index (κ2) is 6.19. The van der Waals surface area contributed by atoms with Gasteiger partial charge in [0, 0.05) is 19.5 Å². The predicted molar refractivity (Wildman–Crippen MR) is 65.2 cm³/mol. The monoisotopic (exact) mass is 257 g/mol. The molecule has 0 saturated heterocycles. The van der Waals surface area contributed by atoms with E-state index in [1.807, 2.05) is 0 Å². The van der Waals surface area contributed by atoms with Gasteiger partial charge in [-0.25, -0.2) is 9.78 Å². The zero-order chi connectivity index (χ0) is 12.8. The minimum absolute atomic E-state index is 0.127. The Morgan fingerprint density at radius 1 is 1.53 bits per heavy atom. The van der Waals surface area contributed by atoms with Gasteiger partial charge < -0.3 is 9.64 Å². The number of amides is 2. The molecule has 0 aliphatic rings. The van der Waals surface area contributed by atoms with Crippen LogP contribution in [-0.2, 0) is 16.0 Å². The van der Waals surface area contributed by atoms with Gasteiger partial charge in [-0.15, -0.1) is 11.3 Å². The fourth-order valence-corrected chi connectivity index (χ4v) is 1.71. The van der Waals surface area contributed by atoms with Crippen LogP contribution in [0.1, 0.15) is 12.6 Å². The van der Waals surface area contributed by atoms with E-state index in [1.165, 1.54) is 16.2 Å². The number of ether oxygens (including phenoxy) is 1. The quantitative estimate of drug-likeness (QED) is 0.826. The van der Waals surface area contributed by atoms with E-state index in [1.54, 1.807) is 26.4 Å². The summed E-state index contributed by atoms with van der Waals surface area (Å²) in [5, 5.41) is 4.81. The maximum atomic E-state index is 11.3. The molecule has 1 aromatic heterocycles. The molecule has 94 valence electrons. The molecule has 0 saturated carbocycles.